The minimum atomic E-state index is 0.945. The number of hydrogen-bond acceptors (Lipinski definition) is 1. The molecule has 1 aliphatic rings. The fourth-order valence-electron chi connectivity index (χ4n) is 2.78. The van der Waals surface area contributed by atoms with Crippen LogP contribution in [0.25, 0.3) is 0 Å². The first-order valence-electron chi connectivity index (χ1n) is 7.25. The molecule has 1 nitrogen and oxygen atoms in total. The Balaban J connectivity index is 1.71. The first kappa shape index (κ1) is 13.2. The van der Waals surface area contributed by atoms with Gasteiger partial charge in [-0.15, -0.1) is 0 Å². The molecule has 0 unspecified atom stereocenters. The van der Waals surface area contributed by atoms with E-state index in [-0.39, 0.29) is 0 Å². The molecule has 0 atom stereocenters. The molecule has 2 rings (SSSR count). The summed E-state index contributed by atoms with van der Waals surface area (Å²) >= 11 is 0. The first-order chi connectivity index (χ1) is 8.84. The van der Waals surface area contributed by atoms with Gasteiger partial charge in [0.15, 0.2) is 0 Å². The van der Waals surface area contributed by atoms with E-state index in [4.69, 9.17) is 0 Å². The molecule has 1 aromatic carbocycles. The van der Waals surface area contributed by atoms with E-state index in [0.29, 0.717) is 0 Å². The Hall–Kier alpha value is -1.24. The molecule has 0 aliphatic heterocycles. The highest BCUT2D eigenvalue weighted by atomic mass is 15.1. The van der Waals surface area contributed by atoms with Gasteiger partial charge in [-0.1, -0.05) is 68.5 Å². The minimum absolute atomic E-state index is 0.945. The maximum absolute atomic E-state index is 2.36. The van der Waals surface area contributed by atoms with E-state index >= 15 is 0 Å². The van der Waals surface area contributed by atoms with E-state index < -0.39 is 0 Å². The standard InChI is InChI=1S/C17H25N/c1-18(15-17-11-6-3-7-12-17)14-8-13-16-9-4-2-5-10-16/h3,6-8,11-12,14,16H,2,4-5,9-10,13,15H2,1H3/b14-8+. The molecule has 1 saturated carbocycles. The summed E-state index contributed by atoms with van der Waals surface area (Å²) in [5.41, 5.74) is 1.38. The second kappa shape index (κ2) is 7.25. The van der Waals surface area contributed by atoms with Crippen LogP contribution in [0.2, 0.25) is 0 Å². The molecule has 0 heterocycles. The van der Waals surface area contributed by atoms with E-state index in [0.717, 1.165) is 12.5 Å². The zero-order valence-electron chi connectivity index (χ0n) is 11.5. The summed E-state index contributed by atoms with van der Waals surface area (Å²) in [6.07, 6.45) is 13.1. The lowest BCUT2D eigenvalue weighted by atomic mass is 9.87. The fourth-order valence-corrected chi connectivity index (χ4v) is 2.78. The predicted octanol–water partition coefficient (Wildman–Crippen LogP) is 4.60. The van der Waals surface area contributed by atoms with Crippen LogP contribution in [0.1, 0.15) is 44.1 Å². The summed E-state index contributed by atoms with van der Waals surface area (Å²) in [6.45, 7) is 1.00. The normalized spacial score (nSPS) is 17.2. The van der Waals surface area contributed by atoms with E-state index in [1.807, 2.05) is 0 Å². The topological polar surface area (TPSA) is 3.24 Å². The highest BCUT2D eigenvalue weighted by Gasteiger charge is 2.11. The van der Waals surface area contributed by atoms with Gasteiger partial charge in [-0.05, 0) is 24.1 Å². The van der Waals surface area contributed by atoms with Gasteiger partial charge in [0.25, 0.3) is 0 Å². The number of hydrogen-bond donors (Lipinski definition) is 0. The van der Waals surface area contributed by atoms with Crippen molar-refractivity contribution in [3.63, 3.8) is 0 Å². The Bertz CT molecular complexity index is 349. The van der Waals surface area contributed by atoms with Crippen LogP contribution in [0.15, 0.2) is 42.6 Å². The maximum Gasteiger partial charge on any atom is 0.0420 e. The van der Waals surface area contributed by atoms with E-state index in [2.05, 4.69) is 54.6 Å². The lowest BCUT2D eigenvalue weighted by Crippen LogP contribution is -2.10. The summed E-state index contributed by atoms with van der Waals surface area (Å²) in [6, 6.07) is 10.7. The minimum Gasteiger partial charge on any atom is -0.376 e. The molecule has 1 aromatic rings. The second-order valence-electron chi connectivity index (χ2n) is 5.53. The second-order valence-corrected chi connectivity index (χ2v) is 5.53. The maximum atomic E-state index is 2.36. The van der Waals surface area contributed by atoms with Crippen molar-refractivity contribution in [2.45, 2.75) is 45.1 Å². The van der Waals surface area contributed by atoms with Gasteiger partial charge < -0.3 is 4.90 Å². The third-order valence-corrected chi connectivity index (χ3v) is 3.83. The molecule has 98 valence electrons. The Labute approximate surface area is 112 Å². The Morgan fingerprint density at radius 1 is 1.11 bits per heavy atom. The lowest BCUT2D eigenvalue weighted by molar-refractivity contribution is 0.358. The Kier molecular flexibility index (Phi) is 5.32. The molecular weight excluding hydrogens is 218 g/mol. The predicted molar refractivity (Wildman–Crippen MR) is 78.2 cm³/mol. The third-order valence-electron chi connectivity index (χ3n) is 3.83. The van der Waals surface area contributed by atoms with Crippen molar-refractivity contribution in [2.75, 3.05) is 7.05 Å². The zero-order chi connectivity index (χ0) is 12.6. The molecule has 0 radical (unpaired) electrons. The Morgan fingerprint density at radius 2 is 1.83 bits per heavy atom. The summed E-state index contributed by atoms with van der Waals surface area (Å²) in [7, 11) is 2.16. The number of benzene rings is 1. The van der Waals surface area contributed by atoms with Crippen LogP contribution in [-0.2, 0) is 6.54 Å². The van der Waals surface area contributed by atoms with Gasteiger partial charge in [0.2, 0.25) is 0 Å². The molecular formula is C17H25N. The molecule has 0 bridgehead atoms. The zero-order valence-corrected chi connectivity index (χ0v) is 11.5. The highest BCUT2D eigenvalue weighted by molar-refractivity contribution is 5.14. The van der Waals surface area contributed by atoms with Crippen LogP contribution in [-0.4, -0.2) is 11.9 Å². The third kappa shape index (κ3) is 4.56. The highest BCUT2D eigenvalue weighted by Crippen LogP contribution is 2.26. The molecule has 18 heavy (non-hydrogen) atoms. The van der Waals surface area contributed by atoms with Gasteiger partial charge in [0.1, 0.15) is 0 Å². The van der Waals surface area contributed by atoms with Crippen LogP contribution in [0.5, 0.6) is 0 Å². The molecule has 0 N–H and O–H groups in total. The van der Waals surface area contributed by atoms with Gasteiger partial charge >= 0.3 is 0 Å². The van der Waals surface area contributed by atoms with Crippen LogP contribution < -0.4 is 0 Å². The van der Waals surface area contributed by atoms with Crippen molar-refractivity contribution >= 4 is 0 Å². The molecule has 1 fully saturated rings. The summed E-state index contributed by atoms with van der Waals surface area (Å²) in [5.74, 6) is 0.945. The van der Waals surface area contributed by atoms with Crippen molar-refractivity contribution in [3.05, 3.63) is 48.2 Å². The molecule has 0 spiro atoms. The van der Waals surface area contributed by atoms with Gasteiger partial charge in [-0.25, -0.2) is 0 Å². The molecule has 0 amide bonds. The smallest absolute Gasteiger partial charge is 0.0420 e. The summed E-state index contributed by atoms with van der Waals surface area (Å²) in [4.78, 5) is 2.28. The molecule has 1 heteroatoms. The van der Waals surface area contributed by atoms with Crippen molar-refractivity contribution in [2.24, 2.45) is 5.92 Å². The summed E-state index contributed by atoms with van der Waals surface area (Å²) < 4.78 is 0. The fraction of sp³-hybridized carbons (Fsp3) is 0.529. The molecule has 0 aromatic heterocycles. The van der Waals surface area contributed by atoms with Gasteiger partial charge in [0, 0.05) is 13.6 Å². The molecule has 0 saturated heterocycles. The Morgan fingerprint density at radius 3 is 2.56 bits per heavy atom. The van der Waals surface area contributed by atoms with Crippen LogP contribution in [0, 0.1) is 5.92 Å². The molecule has 1 aliphatic carbocycles. The van der Waals surface area contributed by atoms with Crippen molar-refractivity contribution in [1.82, 2.24) is 4.90 Å². The number of nitrogens with zero attached hydrogens (tertiary/aromatic N) is 1. The van der Waals surface area contributed by atoms with E-state index in [9.17, 15) is 0 Å². The van der Waals surface area contributed by atoms with Crippen molar-refractivity contribution < 1.29 is 0 Å². The van der Waals surface area contributed by atoms with Crippen molar-refractivity contribution in [1.29, 1.82) is 0 Å². The average molecular weight is 243 g/mol. The average Bonchev–Trinajstić information content (AvgIpc) is 2.41. The van der Waals surface area contributed by atoms with Crippen LogP contribution in [0.4, 0.5) is 0 Å². The monoisotopic (exact) mass is 243 g/mol. The van der Waals surface area contributed by atoms with Gasteiger partial charge in [0.05, 0.1) is 0 Å². The van der Waals surface area contributed by atoms with Gasteiger partial charge in [-0.2, -0.15) is 0 Å². The lowest BCUT2D eigenvalue weighted by Gasteiger charge is -2.20. The van der Waals surface area contributed by atoms with Crippen LogP contribution >= 0.6 is 0 Å². The van der Waals surface area contributed by atoms with E-state index in [1.54, 1.807) is 0 Å². The van der Waals surface area contributed by atoms with Crippen molar-refractivity contribution in [3.8, 4) is 0 Å². The number of allylic oxidation sites excluding steroid dienone is 1. The largest absolute Gasteiger partial charge is 0.376 e. The number of rotatable bonds is 5. The van der Waals surface area contributed by atoms with E-state index in [1.165, 1.54) is 44.1 Å². The first-order valence-corrected chi connectivity index (χ1v) is 7.25. The quantitative estimate of drug-likeness (QED) is 0.730. The summed E-state index contributed by atoms with van der Waals surface area (Å²) in [5, 5.41) is 0. The van der Waals surface area contributed by atoms with Gasteiger partial charge in [-0.3, -0.25) is 0 Å². The van der Waals surface area contributed by atoms with Crippen LogP contribution in [0.3, 0.4) is 0 Å². The SMILES string of the molecule is CN(/C=C/CC1CCCCC1)Cc1ccccc1.